The predicted molar refractivity (Wildman–Crippen MR) is 131 cm³/mol. The maximum Gasteiger partial charge on any atom is 0.293 e. The summed E-state index contributed by atoms with van der Waals surface area (Å²) in [4.78, 5) is 50.1. The van der Waals surface area contributed by atoms with E-state index in [1.807, 2.05) is 24.3 Å². The quantitative estimate of drug-likeness (QED) is 0.616. The topological polar surface area (TPSA) is 95.6 Å². The lowest BCUT2D eigenvalue weighted by atomic mass is 9.87. The van der Waals surface area contributed by atoms with Crippen LogP contribution in [-0.2, 0) is 15.0 Å². The van der Waals surface area contributed by atoms with Crippen LogP contribution in [0.25, 0.3) is 6.08 Å². The monoisotopic (exact) mass is 465 g/mol. The molecular formula is C25H27N3O4S. The molecule has 172 valence electrons. The minimum atomic E-state index is -0.369. The first-order valence-electron chi connectivity index (χ1n) is 10.6. The number of rotatable bonds is 6. The SMILES string of the molecule is CC(=O)Nc1cccc(C(=O)NCCN2C(=O)S/C(=C/c3ccc(C(C)(C)C)cc3)C2=O)c1. The predicted octanol–water partition coefficient (Wildman–Crippen LogP) is 4.41. The molecule has 0 aromatic heterocycles. The summed E-state index contributed by atoms with van der Waals surface area (Å²) in [6, 6.07) is 14.4. The summed E-state index contributed by atoms with van der Waals surface area (Å²) >= 11 is 0.895. The van der Waals surface area contributed by atoms with Crippen molar-refractivity contribution in [3.05, 3.63) is 70.1 Å². The van der Waals surface area contributed by atoms with E-state index in [0.29, 0.717) is 16.2 Å². The molecule has 2 aromatic carbocycles. The van der Waals surface area contributed by atoms with Crippen molar-refractivity contribution in [1.82, 2.24) is 10.2 Å². The molecule has 7 nitrogen and oxygen atoms in total. The Balaban J connectivity index is 1.58. The maximum absolute atomic E-state index is 12.7. The van der Waals surface area contributed by atoms with E-state index in [2.05, 4.69) is 31.4 Å². The molecule has 0 spiro atoms. The van der Waals surface area contributed by atoms with Gasteiger partial charge in [-0.05, 0) is 52.6 Å². The molecule has 2 N–H and O–H groups in total. The van der Waals surface area contributed by atoms with Gasteiger partial charge in [0.2, 0.25) is 5.91 Å². The van der Waals surface area contributed by atoms with Crippen LogP contribution in [-0.4, -0.2) is 41.0 Å². The molecule has 2 aromatic rings. The fourth-order valence-corrected chi connectivity index (χ4v) is 4.11. The number of nitrogens with one attached hydrogen (secondary N) is 2. The van der Waals surface area contributed by atoms with Crippen LogP contribution >= 0.6 is 11.8 Å². The Morgan fingerprint density at radius 2 is 1.76 bits per heavy atom. The summed E-state index contributed by atoms with van der Waals surface area (Å²) in [5, 5.41) is 4.97. The third kappa shape index (κ3) is 6.32. The van der Waals surface area contributed by atoms with E-state index in [1.54, 1.807) is 30.3 Å². The molecule has 1 fully saturated rings. The van der Waals surface area contributed by atoms with Gasteiger partial charge in [-0.3, -0.25) is 24.1 Å². The number of imide groups is 1. The molecule has 0 atom stereocenters. The summed E-state index contributed by atoms with van der Waals surface area (Å²) in [5.74, 6) is -0.958. The molecule has 0 bridgehead atoms. The number of hydrogen-bond acceptors (Lipinski definition) is 5. The van der Waals surface area contributed by atoms with Crippen LogP contribution in [0.2, 0.25) is 0 Å². The van der Waals surface area contributed by atoms with Crippen molar-refractivity contribution in [3.8, 4) is 0 Å². The number of anilines is 1. The minimum absolute atomic E-state index is 0.0338. The molecule has 1 aliphatic heterocycles. The Labute approximate surface area is 197 Å². The van der Waals surface area contributed by atoms with Crippen molar-refractivity contribution in [2.75, 3.05) is 18.4 Å². The maximum atomic E-state index is 12.7. The highest BCUT2D eigenvalue weighted by molar-refractivity contribution is 8.18. The van der Waals surface area contributed by atoms with Crippen LogP contribution in [0.5, 0.6) is 0 Å². The average molecular weight is 466 g/mol. The van der Waals surface area contributed by atoms with E-state index in [9.17, 15) is 19.2 Å². The molecule has 0 unspecified atom stereocenters. The van der Waals surface area contributed by atoms with Crippen molar-refractivity contribution in [3.63, 3.8) is 0 Å². The highest BCUT2D eigenvalue weighted by Gasteiger charge is 2.34. The van der Waals surface area contributed by atoms with Crippen molar-refractivity contribution < 1.29 is 19.2 Å². The van der Waals surface area contributed by atoms with E-state index < -0.39 is 0 Å². The normalized spacial score (nSPS) is 15.2. The Hall–Kier alpha value is -3.39. The van der Waals surface area contributed by atoms with Crippen LogP contribution in [0.3, 0.4) is 0 Å². The first kappa shape index (κ1) is 24.3. The van der Waals surface area contributed by atoms with Gasteiger partial charge >= 0.3 is 0 Å². The fourth-order valence-electron chi connectivity index (χ4n) is 3.25. The third-order valence-corrected chi connectivity index (χ3v) is 5.92. The van der Waals surface area contributed by atoms with Gasteiger partial charge < -0.3 is 10.6 Å². The van der Waals surface area contributed by atoms with Gasteiger partial charge in [0.05, 0.1) is 4.91 Å². The number of hydrogen-bond donors (Lipinski definition) is 2. The van der Waals surface area contributed by atoms with Crippen molar-refractivity contribution >= 4 is 46.5 Å². The van der Waals surface area contributed by atoms with E-state index in [0.717, 1.165) is 22.2 Å². The zero-order valence-corrected chi connectivity index (χ0v) is 19.9. The van der Waals surface area contributed by atoms with Crippen LogP contribution in [0.15, 0.2) is 53.4 Å². The average Bonchev–Trinajstić information content (AvgIpc) is 3.00. The molecular weight excluding hydrogens is 438 g/mol. The Morgan fingerprint density at radius 1 is 1.06 bits per heavy atom. The fraction of sp³-hybridized carbons (Fsp3) is 0.280. The van der Waals surface area contributed by atoms with Gasteiger partial charge in [-0.25, -0.2) is 0 Å². The molecule has 8 heteroatoms. The van der Waals surface area contributed by atoms with Gasteiger partial charge in [0.15, 0.2) is 0 Å². The lowest BCUT2D eigenvalue weighted by molar-refractivity contribution is -0.122. The van der Waals surface area contributed by atoms with Gasteiger partial charge in [-0.2, -0.15) is 0 Å². The number of carbonyl (C=O) groups is 4. The van der Waals surface area contributed by atoms with Crippen LogP contribution in [0.4, 0.5) is 10.5 Å². The highest BCUT2D eigenvalue weighted by Crippen LogP contribution is 2.32. The second-order valence-corrected chi connectivity index (χ2v) is 9.72. The molecule has 0 saturated carbocycles. The molecule has 1 aliphatic rings. The molecule has 0 radical (unpaired) electrons. The van der Waals surface area contributed by atoms with Gasteiger partial charge in [0.25, 0.3) is 17.1 Å². The standard InChI is InChI=1S/C25H27N3O4S/c1-16(29)27-20-7-5-6-18(15-20)22(30)26-12-13-28-23(31)21(33-24(28)32)14-17-8-10-19(11-9-17)25(2,3)4/h5-11,14-15H,12-13H2,1-4H3,(H,26,30)(H,27,29)/b21-14+. The Morgan fingerprint density at radius 3 is 2.39 bits per heavy atom. The minimum Gasteiger partial charge on any atom is -0.350 e. The number of benzene rings is 2. The van der Waals surface area contributed by atoms with E-state index >= 15 is 0 Å². The Kier molecular flexibility index (Phi) is 7.38. The number of nitrogens with zero attached hydrogens (tertiary/aromatic N) is 1. The smallest absolute Gasteiger partial charge is 0.293 e. The van der Waals surface area contributed by atoms with Gasteiger partial charge in [0.1, 0.15) is 0 Å². The number of carbonyl (C=O) groups excluding carboxylic acids is 4. The molecule has 0 aliphatic carbocycles. The number of amides is 4. The number of thioether (sulfide) groups is 1. The Bertz CT molecular complexity index is 1120. The first-order valence-corrected chi connectivity index (χ1v) is 11.4. The first-order chi connectivity index (χ1) is 15.5. The van der Waals surface area contributed by atoms with Crippen LogP contribution in [0.1, 0.15) is 49.2 Å². The van der Waals surface area contributed by atoms with Gasteiger partial charge in [-0.1, -0.05) is 51.1 Å². The zero-order valence-electron chi connectivity index (χ0n) is 19.1. The van der Waals surface area contributed by atoms with E-state index in [4.69, 9.17) is 0 Å². The van der Waals surface area contributed by atoms with Crippen LogP contribution < -0.4 is 10.6 Å². The zero-order chi connectivity index (χ0) is 24.2. The summed E-state index contributed by atoms with van der Waals surface area (Å²) < 4.78 is 0. The lowest BCUT2D eigenvalue weighted by Gasteiger charge is -2.18. The molecule has 33 heavy (non-hydrogen) atoms. The second kappa shape index (κ2) is 10.0. The largest absolute Gasteiger partial charge is 0.350 e. The van der Waals surface area contributed by atoms with E-state index in [1.165, 1.54) is 12.5 Å². The van der Waals surface area contributed by atoms with Crippen molar-refractivity contribution in [2.45, 2.75) is 33.1 Å². The molecule has 1 saturated heterocycles. The van der Waals surface area contributed by atoms with Crippen molar-refractivity contribution in [1.29, 1.82) is 0 Å². The molecule has 3 rings (SSSR count). The van der Waals surface area contributed by atoms with Crippen molar-refractivity contribution in [2.24, 2.45) is 0 Å². The second-order valence-electron chi connectivity index (χ2n) is 8.72. The lowest BCUT2D eigenvalue weighted by Crippen LogP contribution is -2.37. The third-order valence-electron chi connectivity index (χ3n) is 5.01. The molecule has 4 amide bonds. The summed E-state index contributed by atoms with van der Waals surface area (Å²) in [5.41, 5.74) is 2.95. The van der Waals surface area contributed by atoms with Gasteiger partial charge in [0, 0.05) is 31.3 Å². The highest BCUT2D eigenvalue weighted by atomic mass is 32.2. The summed E-state index contributed by atoms with van der Waals surface area (Å²) in [6.07, 6.45) is 1.71. The molecule has 1 heterocycles. The summed E-state index contributed by atoms with van der Waals surface area (Å²) in [6.45, 7) is 7.97. The summed E-state index contributed by atoms with van der Waals surface area (Å²) in [7, 11) is 0. The van der Waals surface area contributed by atoms with Gasteiger partial charge in [-0.15, -0.1) is 0 Å². The van der Waals surface area contributed by atoms with Crippen LogP contribution in [0, 0.1) is 0 Å². The van der Waals surface area contributed by atoms with E-state index in [-0.39, 0.29) is 41.5 Å².